The Labute approximate surface area is 175 Å². The average molecular weight is 416 g/mol. The molecule has 162 valence electrons. The summed E-state index contributed by atoms with van der Waals surface area (Å²) in [7, 11) is 2.82. The van der Waals surface area contributed by atoms with Gasteiger partial charge in [0.1, 0.15) is 11.6 Å². The molecule has 1 aliphatic heterocycles. The van der Waals surface area contributed by atoms with Gasteiger partial charge in [0.15, 0.2) is 11.5 Å². The number of carbonyl (C=O) groups excluding carboxylic acids is 2. The van der Waals surface area contributed by atoms with Crippen molar-refractivity contribution in [2.45, 2.75) is 45.7 Å². The van der Waals surface area contributed by atoms with Crippen molar-refractivity contribution in [1.82, 2.24) is 9.88 Å². The minimum atomic E-state index is -0.820. The van der Waals surface area contributed by atoms with Crippen LogP contribution in [0.25, 0.3) is 10.9 Å². The van der Waals surface area contributed by atoms with E-state index in [1.807, 2.05) is 13.8 Å². The Hall–Kier alpha value is -3.03. The van der Waals surface area contributed by atoms with Gasteiger partial charge < -0.3 is 24.1 Å². The van der Waals surface area contributed by atoms with Crippen molar-refractivity contribution in [2.24, 2.45) is 5.92 Å². The molecule has 2 aromatic rings. The number of pyridine rings is 1. The van der Waals surface area contributed by atoms with Crippen molar-refractivity contribution in [3.8, 4) is 11.5 Å². The highest BCUT2D eigenvalue weighted by Gasteiger charge is 2.26. The third-order valence-electron chi connectivity index (χ3n) is 5.16. The van der Waals surface area contributed by atoms with Gasteiger partial charge in [-0.25, -0.2) is 4.79 Å². The van der Waals surface area contributed by atoms with Gasteiger partial charge in [-0.3, -0.25) is 9.59 Å². The van der Waals surface area contributed by atoms with Crippen LogP contribution in [-0.2, 0) is 16.1 Å². The van der Waals surface area contributed by atoms with E-state index in [1.165, 1.54) is 7.11 Å². The zero-order valence-corrected chi connectivity index (χ0v) is 17.8. The van der Waals surface area contributed by atoms with Crippen LogP contribution in [0, 0.1) is 5.92 Å². The lowest BCUT2D eigenvalue weighted by Crippen LogP contribution is -2.44. The molecular formula is C22H28N2O6. The molecule has 1 unspecified atom stereocenters. The van der Waals surface area contributed by atoms with Crippen LogP contribution in [0.5, 0.6) is 11.5 Å². The monoisotopic (exact) mass is 416 g/mol. The molecule has 1 amide bonds. The molecule has 0 saturated carbocycles. The number of nitrogens with one attached hydrogen (secondary N) is 1. The van der Waals surface area contributed by atoms with Gasteiger partial charge in [0, 0.05) is 11.9 Å². The number of esters is 1. The molecule has 8 nitrogen and oxygen atoms in total. The fourth-order valence-corrected chi connectivity index (χ4v) is 3.71. The van der Waals surface area contributed by atoms with Crippen molar-refractivity contribution >= 4 is 22.8 Å². The van der Waals surface area contributed by atoms with E-state index in [0.717, 1.165) is 12.8 Å². The molecule has 1 aromatic heterocycles. The van der Waals surface area contributed by atoms with Crippen LogP contribution >= 0.6 is 0 Å². The number of hydrogen-bond acceptors (Lipinski definition) is 6. The predicted octanol–water partition coefficient (Wildman–Crippen LogP) is 2.50. The van der Waals surface area contributed by atoms with Gasteiger partial charge in [-0.05, 0) is 43.4 Å². The highest BCUT2D eigenvalue weighted by Crippen LogP contribution is 2.36. The summed E-state index contributed by atoms with van der Waals surface area (Å²) in [4.78, 5) is 38.3. The molecule has 1 N–H and O–H groups in total. The molecule has 3 rings (SSSR count). The van der Waals surface area contributed by atoms with E-state index in [9.17, 15) is 14.4 Å². The largest absolute Gasteiger partial charge is 0.493 e. The van der Waals surface area contributed by atoms with Crippen LogP contribution in [0.15, 0.2) is 23.0 Å². The first-order valence-corrected chi connectivity index (χ1v) is 10.1. The van der Waals surface area contributed by atoms with Crippen LogP contribution in [0.1, 0.15) is 43.5 Å². The van der Waals surface area contributed by atoms with E-state index in [1.54, 1.807) is 29.9 Å². The quantitative estimate of drug-likeness (QED) is 0.727. The number of methoxy groups -OCH3 is 2. The maximum Gasteiger partial charge on any atom is 0.328 e. The highest BCUT2D eigenvalue weighted by atomic mass is 16.5. The zero-order chi connectivity index (χ0) is 21.8. The lowest BCUT2D eigenvalue weighted by Gasteiger charge is -2.22. The number of nitrogens with zero attached hydrogens (tertiary/aromatic N) is 1. The van der Waals surface area contributed by atoms with Crippen LogP contribution in [-0.4, -0.2) is 43.3 Å². The topological polar surface area (TPSA) is 95.9 Å². The van der Waals surface area contributed by atoms with E-state index >= 15 is 0 Å². The van der Waals surface area contributed by atoms with Gasteiger partial charge in [-0.15, -0.1) is 0 Å². The predicted molar refractivity (Wildman–Crippen MR) is 112 cm³/mol. The first kappa shape index (κ1) is 21.7. The lowest BCUT2D eigenvalue weighted by atomic mass is 10.0. The third kappa shape index (κ3) is 4.27. The van der Waals surface area contributed by atoms with Crippen molar-refractivity contribution in [2.75, 3.05) is 20.8 Å². The first-order valence-electron chi connectivity index (χ1n) is 10.1. The van der Waals surface area contributed by atoms with E-state index < -0.39 is 23.5 Å². The lowest BCUT2D eigenvalue weighted by molar-refractivity contribution is -0.143. The smallest absolute Gasteiger partial charge is 0.328 e. The Morgan fingerprint density at radius 3 is 2.67 bits per heavy atom. The molecule has 1 aliphatic rings. The minimum Gasteiger partial charge on any atom is -0.493 e. The zero-order valence-electron chi connectivity index (χ0n) is 17.8. The molecule has 1 atom stereocenters. The number of carbonyl (C=O) groups is 2. The van der Waals surface area contributed by atoms with E-state index in [-0.39, 0.29) is 11.5 Å². The molecule has 0 aliphatic carbocycles. The maximum absolute atomic E-state index is 13.2. The van der Waals surface area contributed by atoms with Gasteiger partial charge in [0.05, 0.1) is 26.3 Å². The van der Waals surface area contributed by atoms with Gasteiger partial charge in [0.25, 0.3) is 11.5 Å². The molecular weight excluding hydrogens is 388 g/mol. The third-order valence-corrected chi connectivity index (χ3v) is 5.16. The summed E-state index contributed by atoms with van der Waals surface area (Å²) in [6.45, 7) is 4.88. The maximum atomic E-state index is 13.2. The van der Waals surface area contributed by atoms with Crippen molar-refractivity contribution < 1.29 is 23.8 Å². The fourth-order valence-electron chi connectivity index (χ4n) is 3.71. The summed E-state index contributed by atoms with van der Waals surface area (Å²) in [6, 6.07) is 4.27. The summed E-state index contributed by atoms with van der Waals surface area (Å²) in [5.74, 6) is 0.0752. The highest BCUT2D eigenvalue weighted by molar-refractivity contribution is 6.00. The number of ether oxygens (including phenoxy) is 3. The average Bonchev–Trinajstić information content (AvgIpc) is 2.70. The Morgan fingerprint density at radius 2 is 2.00 bits per heavy atom. The second kappa shape index (κ2) is 9.19. The van der Waals surface area contributed by atoms with Gasteiger partial charge >= 0.3 is 5.97 Å². The first-order chi connectivity index (χ1) is 14.4. The number of amides is 1. The summed E-state index contributed by atoms with van der Waals surface area (Å²) >= 11 is 0. The van der Waals surface area contributed by atoms with Gasteiger partial charge in [0.2, 0.25) is 0 Å². The Balaban J connectivity index is 2.09. The second-order valence-corrected chi connectivity index (χ2v) is 7.78. The van der Waals surface area contributed by atoms with Gasteiger partial charge in [-0.1, -0.05) is 13.8 Å². The number of benzene rings is 1. The second-order valence-electron chi connectivity index (χ2n) is 7.78. The van der Waals surface area contributed by atoms with E-state index in [2.05, 4.69) is 5.32 Å². The minimum absolute atomic E-state index is 0.0168. The van der Waals surface area contributed by atoms with Crippen molar-refractivity contribution in [1.29, 1.82) is 0 Å². The molecule has 0 saturated heterocycles. The molecule has 2 heterocycles. The Kier molecular flexibility index (Phi) is 6.64. The number of aryl methyl sites for hydroxylation is 1. The van der Waals surface area contributed by atoms with E-state index in [4.69, 9.17) is 14.2 Å². The number of rotatable bonds is 6. The molecule has 0 radical (unpaired) electrons. The SMILES string of the molecule is COC(=O)C(CC(C)C)NC(=O)c1cc2ccc(OC)c3c2n(c1=O)CCCCO3. The Morgan fingerprint density at radius 1 is 1.23 bits per heavy atom. The molecule has 0 fully saturated rings. The molecule has 8 heteroatoms. The van der Waals surface area contributed by atoms with Gasteiger partial charge in [-0.2, -0.15) is 0 Å². The van der Waals surface area contributed by atoms with Crippen LogP contribution in [0.4, 0.5) is 0 Å². The number of aromatic nitrogens is 1. The Bertz CT molecular complexity index is 1010. The summed E-state index contributed by atoms with van der Waals surface area (Å²) in [5, 5.41) is 3.36. The summed E-state index contributed by atoms with van der Waals surface area (Å²) in [6.07, 6.45) is 1.94. The van der Waals surface area contributed by atoms with Crippen molar-refractivity contribution in [3.63, 3.8) is 0 Å². The van der Waals surface area contributed by atoms with Crippen LogP contribution in [0.3, 0.4) is 0 Å². The normalized spacial score (nSPS) is 14.4. The standard InChI is InChI=1S/C22H28N2O6/c1-13(2)11-16(22(27)29-4)23-20(25)15-12-14-7-8-17(28-3)19-18(14)24(21(15)26)9-5-6-10-30-19/h7-8,12-13,16H,5-6,9-11H2,1-4H3,(H,23,25). The molecule has 30 heavy (non-hydrogen) atoms. The van der Waals surface area contributed by atoms with E-state index in [0.29, 0.717) is 42.0 Å². The summed E-state index contributed by atoms with van der Waals surface area (Å²) < 4.78 is 17.7. The van der Waals surface area contributed by atoms with Crippen LogP contribution < -0.4 is 20.3 Å². The fraction of sp³-hybridized carbons (Fsp3) is 0.500. The van der Waals surface area contributed by atoms with Crippen LogP contribution in [0.2, 0.25) is 0 Å². The molecule has 0 bridgehead atoms. The molecule has 0 spiro atoms. The van der Waals surface area contributed by atoms with Crippen molar-refractivity contribution in [3.05, 3.63) is 34.1 Å². The number of hydrogen-bond donors (Lipinski definition) is 1. The summed E-state index contributed by atoms with van der Waals surface area (Å²) in [5.41, 5.74) is 0.173. The molecule has 1 aromatic carbocycles.